The van der Waals surface area contributed by atoms with Gasteiger partial charge in [0.15, 0.2) is 0 Å². The van der Waals surface area contributed by atoms with Gasteiger partial charge in [0.05, 0.1) is 40.1 Å². The van der Waals surface area contributed by atoms with E-state index in [9.17, 15) is 19.7 Å². The topological polar surface area (TPSA) is 153 Å². The van der Waals surface area contributed by atoms with Gasteiger partial charge >= 0.3 is 0 Å². The molecule has 2 heterocycles. The minimum atomic E-state index is -0.824. The molecule has 4 N–H and O–H groups in total. The molecule has 4 rings (SSSR count). The third-order valence-corrected chi connectivity index (χ3v) is 6.06. The number of amides is 2. The maximum atomic E-state index is 13.4. The summed E-state index contributed by atoms with van der Waals surface area (Å²) >= 11 is 0. The molecule has 0 fully saturated rings. The molecule has 0 atom stereocenters. The van der Waals surface area contributed by atoms with Crippen molar-refractivity contribution in [2.45, 2.75) is 20.3 Å². The fourth-order valence-electron chi connectivity index (χ4n) is 4.43. The van der Waals surface area contributed by atoms with E-state index in [1.54, 1.807) is 27.0 Å². The van der Waals surface area contributed by atoms with E-state index >= 15 is 0 Å². The number of hydrogen-bond donors (Lipinski definition) is 3. The van der Waals surface area contributed by atoms with Crippen molar-refractivity contribution in [2.75, 3.05) is 13.7 Å². The molecule has 0 saturated carbocycles. The number of pyridine rings is 1. The molecular formula is C26H25N5O5. The van der Waals surface area contributed by atoms with Crippen LogP contribution in [0.4, 0.5) is 5.69 Å². The second-order valence-corrected chi connectivity index (χ2v) is 8.28. The average molecular weight is 488 g/mol. The standard InChI is InChI=1S/C26H25N5O5/c1-14-22(25(27)32)24(18-6-4-5-7-21(18)31(34)35)23(15(2)30-14)26(33)28-11-10-16-13-29-20-9-8-17(36-3)12-19(16)20/h4-9,12-13,29H,10-11H2,1-3H3,(H2,27,32)(H,28,33). The second kappa shape index (κ2) is 9.87. The SMILES string of the molecule is COc1ccc2[nH]cc(CCNC(=O)c3c(C)nc(C)c(C(N)=O)c3-c3ccccc3[N+](=O)[O-])c2c1. The molecule has 0 aliphatic heterocycles. The quantitative estimate of drug-likeness (QED) is 0.254. The third kappa shape index (κ3) is 4.48. The Hall–Kier alpha value is -4.73. The average Bonchev–Trinajstić information content (AvgIpc) is 3.25. The highest BCUT2D eigenvalue weighted by Crippen LogP contribution is 2.36. The first-order valence-corrected chi connectivity index (χ1v) is 11.2. The first-order chi connectivity index (χ1) is 17.2. The number of nitro benzene ring substituents is 1. The summed E-state index contributed by atoms with van der Waals surface area (Å²) in [6.45, 7) is 3.48. The molecule has 4 aromatic rings. The van der Waals surface area contributed by atoms with Crippen molar-refractivity contribution in [2.24, 2.45) is 5.73 Å². The van der Waals surface area contributed by atoms with Crippen LogP contribution < -0.4 is 15.8 Å². The Morgan fingerprint density at radius 2 is 1.86 bits per heavy atom. The maximum absolute atomic E-state index is 13.4. The molecule has 2 amide bonds. The molecule has 0 radical (unpaired) electrons. The number of nitrogens with one attached hydrogen (secondary N) is 2. The molecule has 36 heavy (non-hydrogen) atoms. The van der Waals surface area contributed by atoms with Gasteiger partial charge in [-0.05, 0) is 50.1 Å². The number of nitrogens with zero attached hydrogens (tertiary/aromatic N) is 2. The molecule has 0 unspecified atom stereocenters. The zero-order valence-electron chi connectivity index (χ0n) is 20.0. The number of carbonyl (C=O) groups excluding carboxylic acids is 2. The number of fused-ring (bicyclic) bond motifs is 1. The Balaban J connectivity index is 1.71. The van der Waals surface area contributed by atoms with Gasteiger partial charge in [-0.3, -0.25) is 24.7 Å². The zero-order valence-corrected chi connectivity index (χ0v) is 20.0. The number of aromatic amines is 1. The van der Waals surface area contributed by atoms with Crippen molar-refractivity contribution in [1.29, 1.82) is 0 Å². The molecular weight excluding hydrogens is 462 g/mol. The van der Waals surface area contributed by atoms with E-state index in [2.05, 4.69) is 15.3 Å². The lowest BCUT2D eigenvalue weighted by atomic mass is 9.90. The Morgan fingerprint density at radius 1 is 1.14 bits per heavy atom. The second-order valence-electron chi connectivity index (χ2n) is 8.28. The predicted molar refractivity (Wildman–Crippen MR) is 135 cm³/mol. The molecule has 0 bridgehead atoms. The van der Waals surface area contributed by atoms with Crippen LogP contribution in [0.15, 0.2) is 48.7 Å². The van der Waals surface area contributed by atoms with Crippen molar-refractivity contribution in [3.8, 4) is 16.9 Å². The Kier molecular flexibility index (Phi) is 6.69. The maximum Gasteiger partial charge on any atom is 0.277 e. The molecule has 10 nitrogen and oxygen atoms in total. The van der Waals surface area contributed by atoms with E-state index in [1.165, 1.54) is 18.2 Å². The summed E-state index contributed by atoms with van der Waals surface area (Å²) < 4.78 is 5.31. The number of aryl methyl sites for hydroxylation is 2. The van der Waals surface area contributed by atoms with E-state index in [0.29, 0.717) is 12.1 Å². The highest BCUT2D eigenvalue weighted by atomic mass is 16.6. The number of ether oxygens (including phenoxy) is 1. The summed E-state index contributed by atoms with van der Waals surface area (Å²) in [7, 11) is 1.60. The lowest BCUT2D eigenvalue weighted by molar-refractivity contribution is -0.384. The summed E-state index contributed by atoms with van der Waals surface area (Å²) in [6.07, 6.45) is 2.39. The van der Waals surface area contributed by atoms with E-state index in [-0.39, 0.29) is 40.2 Å². The molecule has 184 valence electrons. The summed E-state index contributed by atoms with van der Waals surface area (Å²) in [4.78, 5) is 44.5. The van der Waals surface area contributed by atoms with Gasteiger partial charge in [0.2, 0.25) is 0 Å². The summed E-state index contributed by atoms with van der Waals surface area (Å²) in [5, 5.41) is 15.6. The Morgan fingerprint density at radius 3 is 2.56 bits per heavy atom. The molecule has 2 aromatic heterocycles. The molecule has 0 aliphatic carbocycles. The third-order valence-electron chi connectivity index (χ3n) is 6.06. The highest BCUT2D eigenvalue weighted by molar-refractivity contribution is 6.10. The van der Waals surface area contributed by atoms with Crippen LogP contribution in [0.1, 0.15) is 37.7 Å². The molecule has 2 aromatic carbocycles. The number of hydrogen-bond acceptors (Lipinski definition) is 6. The van der Waals surface area contributed by atoms with E-state index in [1.807, 2.05) is 24.4 Å². The number of primary amides is 1. The van der Waals surface area contributed by atoms with Gasteiger partial charge in [0.1, 0.15) is 5.75 Å². The number of benzene rings is 2. The van der Waals surface area contributed by atoms with E-state index < -0.39 is 16.7 Å². The predicted octanol–water partition coefficient (Wildman–Crippen LogP) is 3.83. The van der Waals surface area contributed by atoms with Crippen LogP contribution in [0.3, 0.4) is 0 Å². The van der Waals surface area contributed by atoms with Gasteiger partial charge < -0.3 is 20.8 Å². The number of rotatable bonds is 8. The zero-order chi connectivity index (χ0) is 26.0. The lowest BCUT2D eigenvalue weighted by Gasteiger charge is -2.17. The van der Waals surface area contributed by atoms with Crippen LogP contribution in [0.25, 0.3) is 22.0 Å². The fourth-order valence-corrected chi connectivity index (χ4v) is 4.43. The van der Waals surface area contributed by atoms with Crippen LogP contribution in [0, 0.1) is 24.0 Å². The first-order valence-electron chi connectivity index (χ1n) is 11.2. The van der Waals surface area contributed by atoms with Crippen molar-refractivity contribution in [1.82, 2.24) is 15.3 Å². The number of carbonyl (C=O) groups is 2. The highest BCUT2D eigenvalue weighted by Gasteiger charge is 2.29. The summed E-state index contributed by atoms with van der Waals surface area (Å²) in [5.74, 6) is -0.607. The number of nitrogens with two attached hydrogens (primary N) is 1. The van der Waals surface area contributed by atoms with Crippen LogP contribution in [-0.4, -0.2) is 40.4 Å². The Labute approximate surface area is 206 Å². The van der Waals surface area contributed by atoms with Crippen LogP contribution >= 0.6 is 0 Å². The van der Waals surface area contributed by atoms with Gasteiger partial charge in [0.25, 0.3) is 17.5 Å². The largest absolute Gasteiger partial charge is 0.497 e. The number of H-pyrrole nitrogens is 1. The van der Waals surface area contributed by atoms with Gasteiger partial charge in [-0.1, -0.05) is 12.1 Å². The van der Waals surface area contributed by atoms with Gasteiger partial charge in [-0.25, -0.2) is 0 Å². The van der Waals surface area contributed by atoms with E-state index in [0.717, 1.165) is 22.2 Å². The van der Waals surface area contributed by atoms with Gasteiger partial charge in [0, 0.05) is 35.3 Å². The number of methoxy groups -OCH3 is 1. The molecule has 10 heteroatoms. The van der Waals surface area contributed by atoms with Crippen LogP contribution in [0.2, 0.25) is 0 Å². The number of aromatic nitrogens is 2. The minimum absolute atomic E-state index is 0.0243. The van der Waals surface area contributed by atoms with Crippen molar-refractivity contribution < 1.29 is 19.2 Å². The number of nitro groups is 1. The van der Waals surface area contributed by atoms with Crippen LogP contribution in [0.5, 0.6) is 5.75 Å². The molecule has 0 spiro atoms. The first kappa shape index (κ1) is 24.4. The molecule has 0 aliphatic rings. The lowest BCUT2D eigenvalue weighted by Crippen LogP contribution is -2.29. The minimum Gasteiger partial charge on any atom is -0.497 e. The summed E-state index contributed by atoms with van der Waals surface area (Å²) in [5.41, 5.74) is 8.23. The Bertz CT molecular complexity index is 1510. The van der Waals surface area contributed by atoms with Gasteiger partial charge in [-0.15, -0.1) is 0 Å². The summed E-state index contributed by atoms with van der Waals surface area (Å²) in [6, 6.07) is 11.6. The fraction of sp³-hybridized carbons (Fsp3) is 0.192. The van der Waals surface area contributed by atoms with Crippen molar-refractivity contribution >= 4 is 28.4 Å². The van der Waals surface area contributed by atoms with Gasteiger partial charge in [-0.2, -0.15) is 0 Å². The van der Waals surface area contributed by atoms with E-state index in [4.69, 9.17) is 10.5 Å². The van der Waals surface area contributed by atoms with Crippen LogP contribution in [-0.2, 0) is 6.42 Å². The normalized spacial score (nSPS) is 10.9. The monoisotopic (exact) mass is 487 g/mol. The van der Waals surface area contributed by atoms with Crippen molar-refractivity contribution in [3.63, 3.8) is 0 Å². The smallest absolute Gasteiger partial charge is 0.277 e. The van der Waals surface area contributed by atoms with Crippen molar-refractivity contribution in [3.05, 3.63) is 86.9 Å². The molecule has 0 saturated heterocycles. The number of para-hydroxylation sites is 1.